The quantitative estimate of drug-likeness (QED) is 0.480. The maximum Gasteiger partial charge on any atom is 0.259 e. The van der Waals surface area contributed by atoms with Crippen LogP contribution in [-0.4, -0.2) is 40.9 Å². The summed E-state index contributed by atoms with van der Waals surface area (Å²) in [5.41, 5.74) is 12.3. The van der Waals surface area contributed by atoms with Gasteiger partial charge in [-0.3, -0.25) is 9.20 Å². The average molecular weight is 441 g/mol. The number of nitrogens with two attached hydrogens (primary N) is 1. The Hall–Kier alpha value is -3.64. The number of carbonyl (C=O) groups is 1. The highest BCUT2D eigenvalue weighted by molar-refractivity contribution is 5.82. The van der Waals surface area contributed by atoms with Crippen molar-refractivity contribution in [1.82, 2.24) is 14.3 Å². The highest BCUT2D eigenvalue weighted by Crippen LogP contribution is 2.40. The van der Waals surface area contributed by atoms with Gasteiger partial charge in [0.1, 0.15) is 11.4 Å². The highest BCUT2D eigenvalue weighted by Gasteiger charge is 2.34. The predicted molar refractivity (Wildman–Crippen MR) is 130 cm³/mol. The first-order valence-corrected chi connectivity index (χ1v) is 11.2. The van der Waals surface area contributed by atoms with Crippen molar-refractivity contribution >= 4 is 11.6 Å². The molecule has 2 heterocycles. The monoisotopic (exact) mass is 440 g/mol. The van der Waals surface area contributed by atoms with Gasteiger partial charge in [-0.05, 0) is 30.9 Å². The van der Waals surface area contributed by atoms with Gasteiger partial charge in [-0.25, -0.2) is 4.98 Å². The van der Waals surface area contributed by atoms with E-state index in [1.807, 2.05) is 36.5 Å². The Kier molecular flexibility index (Phi) is 5.38. The summed E-state index contributed by atoms with van der Waals surface area (Å²) in [5, 5.41) is 0. The Bertz CT molecular complexity index is 1290. The van der Waals surface area contributed by atoms with Gasteiger partial charge in [-0.15, -0.1) is 0 Å². The number of nitrogens with zero attached hydrogens (tertiary/aromatic N) is 3. The number of likely N-dealkylation sites (N-methyl/N-ethyl adjacent to an activating group) is 1. The summed E-state index contributed by atoms with van der Waals surface area (Å²) in [6.07, 6.45) is 5.21. The van der Waals surface area contributed by atoms with E-state index in [1.165, 1.54) is 16.9 Å². The predicted octanol–water partition coefficient (Wildman–Crippen LogP) is 4.47. The Balaban J connectivity index is 1.56. The third kappa shape index (κ3) is 3.98. The number of imidazole rings is 1. The van der Waals surface area contributed by atoms with Gasteiger partial charge in [-0.2, -0.15) is 0 Å². The maximum atomic E-state index is 11.9. The Morgan fingerprint density at radius 2 is 1.79 bits per heavy atom. The molecule has 1 fully saturated rings. The molecule has 6 nitrogen and oxygen atoms in total. The number of rotatable bonds is 6. The molecule has 2 aromatic heterocycles. The Morgan fingerprint density at radius 3 is 2.42 bits per heavy atom. The SMILES string of the molecule is CN(C)C(=O)COc1ccn2c(-c3ccccc3)c(-c3ccc(C4(N)CCC4)cc3)nc2c1. The van der Waals surface area contributed by atoms with Crippen molar-refractivity contribution in [1.29, 1.82) is 0 Å². The van der Waals surface area contributed by atoms with E-state index in [4.69, 9.17) is 15.5 Å². The molecule has 1 aliphatic rings. The normalized spacial score (nSPS) is 14.6. The van der Waals surface area contributed by atoms with Crippen LogP contribution in [0.3, 0.4) is 0 Å². The Labute approximate surface area is 193 Å². The highest BCUT2D eigenvalue weighted by atomic mass is 16.5. The first-order valence-electron chi connectivity index (χ1n) is 11.2. The third-order valence-corrected chi connectivity index (χ3v) is 6.48. The fraction of sp³-hybridized carbons (Fsp3) is 0.259. The molecule has 0 spiro atoms. The second-order valence-corrected chi connectivity index (χ2v) is 8.93. The van der Waals surface area contributed by atoms with Crippen LogP contribution in [0, 0.1) is 0 Å². The smallest absolute Gasteiger partial charge is 0.259 e. The lowest BCUT2D eigenvalue weighted by molar-refractivity contribution is -0.130. The maximum absolute atomic E-state index is 11.9. The molecule has 0 saturated heterocycles. The van der Waals surface area contributed by atoms with Crippen molar-refractivity contribution in [3.05, 3.63) is 78.5 Å². The van der Waals surface area contributed by atoms with Crippen LogP contribution >= 0.6 is 0 Å². The molecule has 0 radical (unpaired) electrons. The molecule has 1 amide bonds. The van der Waals surface area contributed by atoms with Crippen LogP contribution in [0.25, 0.3) is 28.2 Å². The van der Waals surface area contributed by atoms with Crippen LogP contribution < -0.4 is 10.5 Å². The zero-order chi connectivity index (χ0) is 23.0. The summed E-state index contributed by atoms with van der Waals surface area (Å²) in [6.45, 7) is -0.00934. The van der Waals surface area contributed by atoms with Gasteiger partial charge in [0, 0.05) is 43.0 Å². The van der Waals surface area contributed by atoms with Crippen LogP contribution in [0.5, 0.6) is 5.75 Å². The molecule has 0 bridgehead atoms. The summed E-state index contributed by atoms with van der Waals surface area (Å²) >= 11 is 0. The number of aromatic nitrogens is 2. The second-order valence-electron chi connectivity index (χ2n) is 8.93. The van der Waals surface area contributed by atoms with E-state index in [2.05, 4.69) is 40.8 Å². The van der Waals surface area contributed by atoms with Gasteiger partial charge in [0.05, 0.1) is 11.4 Å². The van der Waals surface area contributed by atoms with Crippen molar-refractivity contribution < 1.29 is 9.53 Å². The van der Waals surface area contributed by atoms with E-state index in [0.29, 0.717) is 5.75 Å². The summed E-state index contributed by atoms with van der Waals surface area (Å²) in [6, 6.07) is 22.5. The number of ether oxygens (including phenoxy) is 1. The molecule has 0 aliphatic heterocycles. The fourth-order valence-electron chi connectivity index (χ4n) is 4.27. The van der Waals surface area contributed by atoms with Gasteiger partial charge in [0.25, 0.3) is 5.91 Å². The molecule has 1 aliphatic carbocycles. The van der Waals surface area contributed by atoms with Gasteiger partial charge in [-0.1, -0.05) is 54.6 Å². The number of amides is 1. The lowest BCUT2D eigenvalue weighted by Crippen LogP contribution is -2.43. The molecular formula is C27H28N4O2. The van der Waals surface area contributed by atoms with Crippen molar-refractivity contribution in [3.8, 4) is 28.3 Å². The topological polar surface area (TPSA) is 72.9 Å². The average Bonchev–Trinajstić information content (AvgIpc) is 3.20. The summed E-state index contributed by atoms with van der Waals surface area (Å²) in [4.78, 5) is 18.4. The van der Waals surface area contributed by atoms with Crippen molar-refractivity contribution in [2.75, 3.05) is 20.7 Å². The number of benzene rings is 2. The first-order chi connectivity index (χ1) is 15.9. The number of pyridine rings is 1. The number of hydrogen-bond donors (Lipinski definition) is 1. The van der Waals surface area contributed by atoms with Crippen LogP contribution in [-0.2, 0) is 10.3 Å². The zero-order valence-electron chi connectivity index (χ0n) is 19.0. The third-order valence-electron chi connectivity index (χ3n) is 6.48. The number of fused-ring (bicyclic) bond motifs is 1. The molecule has 33 heavy (non-hydrogen) atoms. The van der Waals surface area contributed by atoms with Crippen LogP contribution in [0.4, 0.5) is 0 Å². The van der Waals surface area contributed by atoms with Gasteiger partial charge >= 0.3 is 0 Å². The number of hydrogen-bond acceptors (Lipinski definition) is 4. The van der Waals surface area contributed by atoms with Crippen LogP contribution in [0.2, 0.25) is 0 Å². The molecule has 5 rings (SSSR count). The molecule has 0 unspecified atom stereocenters. The molecule has 2 aromatic carbocycles. The fourth-order valence-corrected chi connectivity index (χ4v) is 4.27. The Morgan fingerprint density at radius 1 is 1.06 bits per heavy atom. The molecule has 6 heteroatoms. The molecular weight excluding hydrogens is 412 g/mol. The minimum absolute atomic E-state index is 0.00934. The van der Waals surface area contributed by atoms with Gasteiger partial charge in [0.15, 0.2) is 6.61 Å². The van der Waals surface area contributed by atoms with E-state index in [1.54, 1.807) is 14.1 Å². The lowest BCUT2D eigenvalue weighted by Gasteiger charge is -2.38. The number of carbonyl (C=O) groups excluding carboxylic acids is 1. The molecule has 0 atom stereocenters. The minimum atomic E-state index is -0.185. The van der Waals surface area contributed by atoms with Crippen molar-refractivity contribution in [2.24, 2.45) is 5.73 Å². The van der Waals surface area contributed by atoms with E-state index in [9.17, 15) is 4.79 Å². The van der Waals surface area contributed by atoms with Crippen molar-refractivity contribution in [3.63, 3.8) is 0 Å². The molecule has 4 aromatic rings. The van der Waals surface area contributed by atoms with E-state index in [-0.39, 0.29) is 18.1 Å². The van der Waals surface area contributed by atoms with Crippen LogP contribution in [0.15, 0.2) is 72.9 Å². The summed E-state index contributed by atoms with van der Waals surface area (Å²) in [7, 11) is 3.43. The van der Waals surface area contributed by atoms with E-state index < -0.39 is 0 Å². The zero-order valence-corrected chi connectivity index (χ0v) is 19.0. The molecule has 1 saturated carbocycles. The standard InChI is InChI=1S/C27H28N4O2/c1-30(2)24(32)18-33-22-13-16-31-23(17-22)29-25(26(31)20-7-4-3-5-8-20)19-9-11-21(12-10-19)27(28)14-6-15-27/h3-5,7-13,16-17H,6,14-15,18,28H2,1-2H3. The van der Waals surface area contributed by atoms with Gasteiger partial charge in [0.2, 0.25) is 0 Å². The van der Waals surface area contributed by atoms with E-state index >= 15 is 0 Å². The summed E-state index contributed by atoms with van der Waals surface area (Å²) in [5.74, 6) is 0.521. The molecule has 2 N–H and O–H groups in total. The van der Waals surface area contributed by atoms with Crippen molar-refractivity contribution in [2.45, 2.75) is 24.8 Å². The van der Waals surface area contributed by atoms with E-state index in [0.717, 1.165) is 41.0 Å². The lowest BCUT2D eigenvalue weighted by atomic mass is 9.72. The first kappa shape index (κ1) is 21.2. The van der Waals surface area contributed by atoms with Gasteiger partial charge < -0.3 is 15.4 Å². The molecule has 168 valence electrons. The summed E-state index contributed by atoms with van der Waals surface area (Å²) < 4.78 is 7.78. The second kappa shape index (κ2) is 8.37. The largest absolute Gasteiger partial charge is 0.484 e. The minimum Gasteiger partial charge on any atom is -0.484 e. The van der Waals surface area contributed by atoms with Crippen LogP contribution in [0.1, 0.15) is 24.8 Å².